The monoisotopic (exact) mass is 1830 g/mol. The predicted molar refractivity (Wildman–Crippen MR) is 509 cm³/mol. The molecule has 1 fully saturated rings. The van der Waals surface area contributed by atoms with E-state index >= 15 is 0 Å². The Bertz CT molecular complexity index is 5760. The van der Waals surface area contributed by atoms with E-state index in [4.69, 9.17) is 59.8 Å². The average molecular weight is 1830 g/mol. The SMILES string of the molecule is CC(C)C(C)(c1ccc(-c2ccc(Cl)nn2)cc1)c1ccc(OCc2ccccn2)cn1.CC(C)C(C)(c1ccc(B2OC(C)(C)C(C)(C)O2)cc1)c1ccc(OCc2ccccn2)cn1.CC(C)C(C)(c1ccc(I)cc1)c1ccc(OCc2ccccn2)cn1.COC(=O)c1ccc(-c2ccc(C(C)(c3ccc(OCc4ccccn4)cn3)C(C)C)cc2)nn1. The van der Waals surface area contributed by atoms with E-state index < -0.39 is 5.97 Å². The van der Waals surface area contributed by atoms with Crippen molar-refractivity contribution in [1.29, 1.82) is 0 Å². The molecule has 1 aliphatic heterocycles. The van der Waals surface area contributed by atoms with Gasteiger partial charge >= 0.3 is 13.1 Å². The van der Waals surface area contributed by atoms with E-state index in [1.54, 1.807) is 61.6 Å². The summed E-state index contributed by atoms with van der Waals surface area (Å²) in [6.07, 6.45) is 14.2. The molecule has 11 heterocycles. The molecule has 4 atom stereocenters. The third-order valence-corrected chi connectivity index (χ3v) is 25.8. The number of hydrogen-bond acceptors (Lipinski definition) is 20. The first-order valence-corrected chi connectivity index (χ1v) is 44.2. The fourth-order valence-electron chi connectivity index (χ4n) is 14.7. The van der Waals surface area contributed by atoms with Crippen molar-refractivity contribution >= 4 is 52.7 Å². The topological polar surface area (TPSA) is 236 Å². The van der Waals surface area contributed by atoms with Gasteiger partial charge in [-0.05, 0) is 263 Å². The van der Waals surface area contributed by atoms with Crippen molar-refractivity contribution in [1.82, 2.24) is 60.3 Å². The third kappa shape index (κ3) is 23.0. The number of carbonyl (C=O) groups excluding carboxylic acids is 1. The first-order chi connectivity index (χ1) is 60.9. The van der Waals surface area contributed by atoms with Gasteiger partial charge < -0.3 is 33.0 Å². The van der Waals surface area contributed by atoms with Crippen molar-refractivity contribution in [2.45, 2.75) is 170 Å². The van der Waals surface area contributed by atoms with Crippen LogP contribution in [0.5, 0.6) is 23.0 Å². The molecule has 4 aromatic carbocycles. The molecule has 20 nitrogen and oxygen atoms in total. The lowest BCUT2D eigenvalue weighted by Crippen LogP contribution is -2.41. The highest BCUT2D eigenvalue weighted by atomic mass is 127. The Balaban J connectivity index is 0.000000155. The van der Waals surface area contributed by atoms with E-state index in [2.05, 4.69) is 276 Å². The Labute approximate surface area is 766 Å². The summed E-state index contributed by atoms with van der Waals surface area (Å²) in [7, 11) is 0.957. The van der Waals surface area contributed by atoms with Crippen LogP contribution < -0.4 is 24.4 Å². The van der Waals surface area contributed by atoms with Gasteiger partial charge in [-0.1, -0.05) is 176 Å². The Hall–Kier alpha value is -12.1. The van der Waals surface area contributed by atoms with E-state index in [-0.39, 0.29) is 45.7 Å². The summed E-state index contributed by atoms with van der Waals surface area (Å²) in [4.78, 5) is 47.8. The minimum atomic E-state index is -0.507. The van der Waals surface area contributed by atoms with Crippen LogP contribution in [-0.2, 0) is 62.1 Å². The number of rotatable bonds is 28. The molecular formula is C104H111BClIN12O8. The zero-order valence-corrected chi connectivity index (χ0v) is 78.2. The van der Waals surface area contributed by atoms with E-state index in [0.29, 0.717) is 66.7 Å². The van der Waals surface area contributed by atoms with Gasteiger partial charge in [-0.3, -0.25) is 39.9 Å². The van der Waals surface area contributed by atoms with Gasteiger partial charge in [0.1, 0.15) is 49.4 Å². The first-order valence-electron chi connectivity index (χ1n) is 42.7. The molecule has 23 heteroatoms. The molecule has 0 N–H and O–H groups in total. The van der Waals surface area contributed by atoms with Crippen LogP contribution in [0, 0.1) is 27.2 Å². The largest absolute Gasteiger partial charge is 0.494 e. The number of hydrogen-bond donors (Lipinski definition) is 0. The minimum absolute atomic E-state index is 0.149. The summed E-state index contributed by atoms with van der Waals surface area (Å²) < 4.78 is 41.8. The summed E-state index contributed by atoms with van der Waals surface area (Å²) in [5, 5.41) is 16.6. The smallest absolute Gasteiger partial charge is 0.486 e. The van der Waals surface area contributed by atoms with Crippen molar-refractivity contribution in [3.8, 4) is 45.5 Å². The highest BCUT2D eigenvalue weighted by molar-refractivity contribution is 14.1. The number of esters is 1. The molecule has 0 amide bonds. The van der Waals surface area contributed by atoms with Crippen molar-refractivity contribution in [2.75, 3.05) is 7.11 Å². The van der Waals surface area contributed by atoms with Crippen molar-refractivity contribution in [2.24, 2.45) is 23.7 Å². The van der Waals surface area contributed by atoms with E-state index in [0.717, 1.165) is 90.6 Å². The molecule has 0 spiro atoms. The molecular weight excluding hydrogens is 1720 g/mol. The molecule has 10 aromatic heterocycles. The van der Waals surface area contributed by atoms with Crippen LogP contribution in [0.15, 0.2) is 292 Å². The quantitative estimate of drug-likeness (QED) is 0.0252. The Kier molecular flexibility index (Phi) is 31.5. The Morgan fingerprint density at radius 3 is 0.921 bits per heavy atom. The second-order valence-electron chi connectivity index (χ2n) is 34.3. The molecule has 4 unspecified atom stereocenters. The summed E-state index contributed by atoms with van der Waals surface area (Å²) in [6, 6.07) is 80.2. The fraction of sp³-hybridized carbons (Fsp3) is 0.298. The highest BCUT2D eigenvalue weighted by Gasteiger charge is 2.52. The minimum Gasteiger partial charge on any atom is -0.486 e. The number of ether oxygens (including phenoxy) is 5. The Morgan fingerprint density at radius 1 is 0.370 bits per heavy atom. The summed E-state index contributed by atoms with van der Waals surface area (Å²) in [6.45, 7) is 36.7. The zero-order valence-electron chi connectivity index (χ0n) is 75.3. The van der Waals surface area contributed by atoms with Crippen LogP contribution in [0.3, 0.4) is 0 Å². The number of methoxy groups -OCH3 is 1. The lowest BCUT2D eigenvalue weighted by molar-refractivity contribution is 0.00578. The van der Waals surface area contributed by atoms with Crippen molar-refractivity contribution in [3.63, 3.8) is 0 Å². The van der Waals surface area contributed by atoms with Crippen LogP contribution in [0.1, 0.15) is 189 Å². The lowest BCUT2D eigenvalue weighted by Gasteiger charge is -2.34. The molecule has 1 aliphatic rings. The van der Waals surface area contributed by atoms with Gasteiger partial charge in [-0.15, -0.1) is 20.4 Å². The summed E-state index contributed by atoms with van der Waals surface area (Å²) in [5.41, 5.74) is 15.3. The normalized spacial score (nSPS) is 14.5. The van der Waals surface area contributed by atoms with Gasteiger partial charge in [0.05, 0.1) is 100 Å². The molecule has 652 valence electrons. The summed E-state index contributed by atoms with van der Waals surface area (Å²) >= 11 is 8.19. The van der Waals surface area contributed by atoms with E-state index in [1.807, 2.05) is 134 Å². The van der Waals surface area contributed by atoms with Crippen LogP contribution in [-0.4, -0.2) is 91.7 Å². The van der Waals surface area contributed by atoms with Crippen LogP contribution >= 0.6 is 34.2 Å². The number of aromatic nitrogens is 12. The molecule has 0 bridgehead atoms. The maximum absolute atomic E-state index is 11.6. The molecule has 1 saturated heterocycles. The van der Waals surface area contributed by atoms with Gasteiger partial charge in [-0.2, -0.15) is 0 Å². The lowest BCUT2D eigenvalue weighted by atomic mass is 9.69. The van der Waals surface area contributed by atoms with E-state index in [1.165, 1.54) is 27.4 Å². The third-order valence-electron chi connectivity index (χ3n) is 24.9. The maximum atomic E-state index is 11.6. The molecule has 127 heavy (non-hydrogen) atoms. The van der Waals surface area contributed by atoms with Crippen LogP contribution in [0.25, 0.3) is 22.5 Å². The van der Waals surface area contributed by atoms with Gasteiger partial charge in [0.2, 0.25) is 0 Å². The van der Waals surface area contributed by atoms with Crippen LogP contribution in [0.4, 0.5) is 0 Å². The van der Waals surface area contributed by atoms with Gasteiger partial charge in [0.15, 0.2) is 10.8 Å². The zero-order chi connectivity index (χ0) is 90.5. The molecule has 14 aromatic rings. The van der Waals surface area contributed by atoms with Crippen LogP contribution in [0.2, 0.25) is 5.15 Å². The fourth-order valence-corrected chi connectivity index (χ4v) is 15.1. The predicted octanol–water partition coefficient (Wildman–Crippen LogP) is 22.3. The number of carbonyl (C=O) groups is 1. The molecule has 0 saturated carbocycles. The van der Waals surface area contributed by atoms with Crippen molar-refractivity contribution < 1.29 is 37.8 Å². The van der Waals surface area contributed by atoms with Crippen molar-refractivity contribution in [3.05, 3.63) is 374 Å². The summed E-state index contributed by atoms with van der Waals surface area (Å²) in [5.74, 6) is 3.78. The average Bonchev–Trinajstić information content (AvgIpc) is 1.62. The molecule has 15 rings (SSSR count). The van der Waals surface area contributed by atoms with Gasteiger partial charge in [-0.25, -0.2) is 4.79 Å². The first kappa shape index (κ1) is 94.1. The number of nitrogens with zero attached hydrogens (tertiary/aromatic N) is 12. The van der Waals surface area contributed by atoms with Gasteiger partial charge in [0, 0.05) is 61.1 Å². The number of pyridine rings is 8. The number of benzene rings is 4. The maximum Gasteiger partial charge on any atom is 0.494 e. The Morgan fingerprint density at radius 2 is 0.669 bits per heavy atom. The second kappa shape index (κ2) is 42.5. The highest BCUT2D eigenvalue weighted by Crippen LogP contribution is 2.44. The second-order valence-corrected chi connectivity index (χ2v) is 35.9. The standard InChI is InChI=1S/C28H35BN2O3.C28H28N4O3.C26H25ClN4O.C22H23IN2O/c1-20(2)28(7,25-16-15-24(18-31-25)32-19-23-10-8-9-17-30-23)21-11-13-22(14-12-21)29-33-26(3,4)27(5,6)34-29;1-19(2)28(3,26-15-12-23(17-30-26)35-18-22-7-5-6-16-29-22)21-10-8-20(9-11-21)24-13-14-25(32-31-24)27(33)34-4;1-18(2)26(3,20-9-7-19(8-10-20)23-12-14-25(27)31-30-23)24-13-11-22(16-29-24)32-17-21-6-4-5-15-28-21;1-16(2)22(3,17-7-9-18(23)10-8-17)21-12-11-20(14-25-21)26-15-19-6-4-5-13-24-19/h8-18,20H,19H2,1-7H3;5-17,19H,18H2,1-4H3;4-16,18H,17H2,1-3H3;4-14,16H,15H2,1-3H3. The molecule has 0 aliphatic carbocycles. The van der Waals surface area contributed by atoms with Gasteiger partial charge in [0.25, 0.3) is 0 Å². The molecule has 0 radical (unpaired) electrons. The van der Waals surface area contributed by atoms with E-state index in [9.17, 15) is 4.79 Å². The number of halogens is 2.